The van der Waals surface area contributed by atoms with Crippen molar-refractivity contribution in [3.8, 4) is 44.9 Å². The van der Waals surface area contributed by atoms with Gasteiger partial charge in [0.15, 0.2) is 13.2 Å². The van der Waals surface area contributed by atoms with Gasteiger partial charge in [-0.1, -0.05) is 71.7 Å². The Morgan fingerprint density at radius 1 is 0.745 bits per heavy atom. The van der Waals surface area contributed by atoms with Gasteiger partial charge in [-0.3, -0.25) is 9.59 Å². The van der Waals surface area contributed by atoms with Crippen LogP contribution in [0.1, 0.15) is 6.42 Å². The maximum Gasteiger partial charge on any atom is 0.265 e. The van der Waals surface area contributed by atoms with E-state index in [0.717, 1.165) is 59.2 Å². The minimum Gasteiger partial charge on any atom is -0.482 e. The topological polar surface area (TPSA) is 112 Å². The van der Waals surface area contributed by atoms with Gasteiger partial charge in [0.25, 0.3) is 11.8 Å². The first-order valence-electron chi connectivity index (χ1n) is 17.1. The number of aliphatic hydroxyl groups excluding tert-OH is 1. The zero-order chi connectivity index (χ0) is 35.5. The molecule has 12 heteroatoms. The summed E-state index contributed by atoms with van der Waals surface area (Å²) in [6.07, 6.45) is 1.88. The Morgan fingerprint density at radius 3 is 1.82 bits per heavy atom. The average molecular weight is 730 g/mol. The second kappa shape index (κ2) is 15.4. The smallest absolute Gasteiger partial charge is 0.265 e. The minimum atomic E-state index is -0.126. The van der Waals surface area contributed by atoms with Crippen molar-refractivity contribution >= 4 is 52.7 Å². The highest BCUT2D eigenvalue weighted by Gasteiger charge is 2.29. The molecule has 7 rings (SSSR count). The Balaban J connectivity index is 1.14. The fourth-order valence-corrected chi connectivity index (χ4v) is 7.65. The number of carbonyl (C=O) groups is 3. The molecule has 51 heavy (non-hydrogen) atoms. The summed E-state index contributed by atoms with van der Waals surface area (Å²) >= 11 is 14.3. The largest absolute Gasteiger partial charge is 0.482 e. The lowest BCUT2D eigenvalue weighted by Crippen LogP contribution is -2.43. The molecule has 0 radical (unpaired) electrons. The van der Waals surface area contributed by atoms with Crippen LogP contribution in [0.4, 0.5) is 11.4 Å². The van der Waals surface area contributed by atoms with Gasteiger partial charge >= 0.3 is 0 Å². The third kappa shape index (κ3) is 7.20. The van der Waals surface area contributed by atoms with Crippen molar-refractivity contribution in [3.05, 3.63) is 82.8 Å². The number of ether oxygens (including phenoxy) is 2. The lowest BCUT2D eigenvalue weighted by atomic mass is 9.95. The SMILES string of the molecule is O=CC1CCN(CCN2C(=O)COc3cc(-c4cccc(-c5cccc(-c6ccc7c(c6)OCC(=O)N7CCNCCO)c5Cl)c4Cl)ccc32)C1. The summed E-state index contributed by atoms with van der Waals surface area (Å²) in [6, 6.07) is 23.1. The molecule has 0 aromatic heterocycles. The second-order valence-corrected chi connectivity index (χ2v) is 13.6. The zero-order valence-corrected chi connectivity index (χ0v) is 29.5. The molecule has 0 aliphatic carbocycles. The molecule has 1 atom stereocenters. The van der Waals surface area contributed by atoms with E-state index < -0.39 is 0 Å². The maximum atomic E-state index is 12.9. The van der Waals surface area contributed by atoms with Gasteiger partial charge in [0.2, 0.25) is 0 Å². The van der Waals surface area contributed by atoms with Crippen molar-refractivity contribution in [2.45, 2.75) is 6.42 Å². The fourth-order valence-electron chi connectivity index (χ4n) is 6.97. The number of fused-ring (bicyclic) bond motifs is 2. The van der Waals surface area contributed by atoms with E-state index in [1.54, 1.807) is 9.80 Å². The lowest BCUT2D eigenvalue weighted by Gasteiger charge is -2.31. The van der Waals surface area contributed by atoms with Gasteiger partial charge in [-0.15, -0.1) is 0 Å². The van der Waals surface area contributed by atoms with E-state index in [1.165, 1.54) is 0 Å². The van der Waals surface area contributed by atoms with Crippen LogP contribution < -0.4 is 24.6 Å². The predicted octanol–water partition coefficient (Wildman–Crippen LogP) is 5.55. The third-order valence-electron chi connectivity index (χ3n) is 9.66. The summed E-state index contributed by atoms with van der Waals surface area (Å²) in [5, 5.41) is 13.2. The van der Waals surface area contributed by atoms with Gasteiger partial charge in [-0.2, -0.15) is 0 Å². The quantitative estimate of drug-likeness (QED) is 0.144. The number of aliphatic hydroxyl groups is 1. The van der Waals surface area contributed by atoms with Crippen molar-refractivity contribution in [2.75, 3.05) is 75.4 Å². The third-order valence-corrected chi connectivity index (χ3v) is 10.5. The Morgan fingerprint density at radius 2 is 1.29 bits per heavy atom. The molecule has 2 amide bonds. The van der Waals surface area contributed by atoms with Gasteiger partial charge in [0.1, 0.15) is 17.8 Å². The van der Waals surface area contributed by atoms with Crippen LogP contribution in [0.15, 0.2) is 72.8 Å². The number of nitrogens with one attached hydrogen (secondary N) is 1. The van der Waals surface area contributed by atoms with Gasteiger partial charge in [-0.25, -0.2) is 0 Å². The van der Waals surface area contributed by atoms with E-state index in [1.807, 2.05) is 72.8 Å². The van der Waals surface area contributed by atoms with Gasteiger partial charge in [-0.05, 0) is 48.4 Å². The van der Waals surface area contributed by atoms with E-state index in [9.17, 15) is 14.4 Å². The Hall–Kier alpha value is -4.45. The van der Waals surface area contributed by atoms with Crippen LogP contribution >= 0.6 is 23.2 Å². The van der Waals surface area contributed by atoms with Crippen LogP contribution in [0.3, 0.4) is 0 Å². The summed E-state index contributed by atoms with van der Waals surface area (Å²) in [5.74, 6) is 1.04. The number of rotatable bonds is 12. The zero-order valence-electron chi connectivity index (χ0n) is 27.9. The van der Waals surface area contributed by atoms with E-state index >= 15 is 0 Å². The number of carbonyl (C=O) groups excluding carboxylic acids is 3. The van der Waals surface area contributed by atoms with Crippen LogP contribution in [0.5, 0.6) is 11.5 Å². The molecule has 3 heterocycles. The molecule has 4 aromatic rings. The van der Waals surface area contributed by atoms with Crippen molar-refractivity contribution in [1.82, 2.24) is 10.2 Å². The van der Waals surface area contributed by atoms with Gasteiger partial charge in [0, 0.05) is 67.4 Å². The van der Waals surface area contributed by atoms with Crippen molar-refractivity contribution < 1.29 is 29.0 Å². The van der Waals surface area contributed by atoms with Crippen molar-refractivity contribution in [2.24, 2.45) is 5.92 Å². The second-order valence-electron chi connectivity index (χ2n) is 12.8. The normalized spacial score (nSPS) is 17.2. The van der Waals surface area contributed by atoms with Crippen LogP contribution in [-0.4, -0.2) is 93.7 Å². The number of likely N-dealkylation sites (tertiary alicyclic amines) is 1. The van der Waals surface area contributed by atoms with Gasteiger partial charge in [0.05, 0.1) is 28.0 Å². The van der Waals surface area contributed by atoms with E-state index in [4.69, 9.17) is 37.8 Å². The Labute approximate surface area is 306 Å². The summed E-state index contributed by atoms with van der Waals surface area (Å²) < 4.78 is 11.7. The summed E-state index contributed by atoms with van der Waals surface area (Å²) in [4.78, 5) is 42.4. The highest BCUT2D eigenvalue weighted by Crippen LogP contribution is 2.45. The molecule has 2 N–H and O–H groups in total. The summed E-state index contributed by atoms with van der Waals surface area (Å²) in [6.45, 7) is 4.15. The van der Waals surface area contributed by atoms with Crippen LogP contribution in [0.2, 0.25) is 10.0 Å². The molecule has 1 saturated heterocycles. The molecule has 0 bridgehead atoms. The van der Waals surface area contributed by atoms with E-state index in [-0.39, 0.29) is 37.6 Å². The highest BCUT2D eigenvalue weighted by atomic mass is 35.5. The number of amides is 2. The minimum absolute atomic E-state index is 0.0307. The molecule has 10 nitrogen and oxygen atoms in total. The first-order chi connectivity index (χ1) is 24.9. The van der Waals surface area contributed by atoms with Crippen LogP contribution in [0.25, 0.3) is 33.4 Å². The lowest BCUT2D eigenvalue weighted by molar-refractivity contribution is -0.122. The molecule has 3 aliphatic rings. The number of aldehydes is 1. The molecule has 0 saturated carbocycles. The highest BCUT2D eigenvalue weighted by molar-refractivity contribution is 6.39. The van der Waals surface area contributed by atoms with Crippen LogP contribution in [0, 0.1) is 5.92 Å². The molecule has 1 fully saturated rings. The molecule has 0 spiro atoms. The maximum absolute atomic E-state index is 12.9. The molecular formula is C39H38Cl2N4O6. The fraction of sp³-hybridized carbons (Fsp3) is 0.308. The van der Waals surface area contributed by atoms with Gasteiger partial charge < -0.3 is 39.4 Å². The predicted molar refractivity (Wildman–Crippen MR) is 199 cm³/mol. The van der Waals surface area contributed by atoms with E-state index in [2.05, 4.69) is 10.2 Å². The number of benzene rings is 4. The van der Waals surface area contributed by atoms with E-state index in [0.29, 0.717) is 65.6 Å². The number of hydrogen-bond donors (Lipinski definition) is 2. The molecular weight excluding hydrogens is 691 g/mol. The monoisotopic (exact) mass is 728 g/mol. The summed E-state index contributed by atoms with van der Waals surface area (Å²) in [7, 11) is 0. The van der Waals surface area contributed by atoms with Crippen LogP contribution in [-0.2, 0) is 14.4 Å². The first-order valence-corrected chi connectivity index (χ1v) is 17.8. The summed E-state index contributed by atoms with van der Waals surface area (Å²) in [5.41, 5.74) is 6.18. The molecule has 1 unspecified atom stereocenters. The van der Waals surface area contributed by atoms with Crippen molar-refractivity contribution in [1.29, 1.82) is 0 Å². The number of halogens is 2. The molecule has 264 valence electrons. The molecule has 3 aliphatic heterocycles. The Bertz CT molecular complexity index is 1970. The number of anilines is 2. The standard InChI is InChI=1S/C39H38Cl2N4O6/c40-38-28(26-7-9-32-34(19-26)50-23-36(48)44(32)15-12-42-13-18-46)3-1-5-30(38)31-6-2-4-29(39(31)41)27-8-10-33-35(20-27)51-24-37(49)45(33)17-16-43-14-11-25(21-43)22-47/h1-10,19-20,22,25,42,46H,11-18,21,23-24H2. The Kier molecular flexibility index (Phi) is 10.6. The van der Waals surface area contributed by atoms with Crippen molar-refractivity contribution in [3.63, 3.8) is 0 Å². The first kappa shape index (κ1) is 35.0. The number of nitrogens with zero attached hydrogens (tertiary/aromatic N) is 3. The number of hydrogen-bond acceptors (Lipinski definition) is 8. The molecule has 4 aromatic carbocycles. The average Bonchev–Trinajstić information content (AvgIpc) is 3.62.